The van der Waals surface area contributed by atoms with Gasteiger partial charge in [-0.25, -0.2) is 8.78 Å². The van der Waals surface area contributed by atoms with Crippen molar-refractivity contribution < 1.29 is 23.0 Å². The van der Waals surface area contributed by atoms with Gasteiger partial charge < -0.3 is 14.2 Å². The minimum atomic E-state index is -1.15. The third-order valence-corrected chi connectivity index (χ3v) is 6.30. The molecule has 3 nitrogen and oxygen atoms in total. The van der Waals surface area contributed by atoms with E-state index >= 15 is 0 Å². The molecule has 0 bridgehead atoms. The van der Waals surface area contributed by atoms with Crippen LogP contribution >= 0.6 is 0 Å². The molecule has 1 atom stereocenters. The summed E-state index contributed by atoms with van der Waals surface area (Å²) in [5, 5.41) is 0. The summed E-state index contributed by atoms with van der Waals surface area (Å²) in [7, 11) is 0. The first-order valence-electron chi connectivity index (χ1n) is 14.0. The third kappa shape index (κ3) is 9.57. The summed E-state index contributed by atoms with van der Waals surface area (Å²) < 4.78 is 46.8. The van der Waals surface area contributed by atoms with Crippen molar-refractivity contribution in [3.8, 4) is 11.1 Å². The van der Waals surface area contributed by atoms with Crippen LogP contribution in [0.25, 0.3) is 11.1 Å². The molecule has 0 aliphatic rings. The number of hydrogen-bond acceptors (Lipinski definition) is 3. The SMILES string of the molecule is CCCCCCCCC(c1ccc(-c2cc(F)cc(F)c2)cc1)C(OCCC)(OCCC)OCCC. The second-order valence-electron chi connectivity index (χ2n) is 9.54. The van der Waals surface area contributed by atoms with Crippen LogP contribution in [-0.4, -0.2) is 25.8 Å². The number of hydrogen-bond donors (Lipinski definition) is 0. The molecule has 0 N–H and O–H groups in total. The van der Waals surface area contributed by atoms with E-state index in [1.165, 1.54) is 37.8 Å². The summed E-state index contributed by atoms with van der Waals surface area (Å²) in [6, 6.07) is 11.5. The van der Waals surface area contributed by atoms with E-state index in [1.54, 1.807) is 0 Å². The average Bonchev–Trinajstić information content (AvgIpc) is 2.88. The van der Waals surface area contributed by atoms with Gasteiger partial charge in [-0.2, -0.15) is 0 Å². The number of ether oxygens (including phenoxy) is 3. The molecule has 0 aromatic heterocycles. The molecular formula is C31H46F2O3. The molecule has 2 rings (SSSR count). The van der Waals surface area contributed by atoms with Gasteiger partial charge in [0.25, 0.3) is 5.97 Å². The minimum absolute atomic E-state index is 0.119. The van der Waals surface area contributed by atoms with Crippen molar-refractivity contribution in [2.75, 3.05) is 19.8 Å². The van der Waals surface area contributed by atoms with Crippen LogP contribution in [0.1, 0.15) is 103 Å². The Morgan fingerprint density at radius 1 is 0.611 bits per heavy atom. The van der Waals surface area contributed by atoms with Gasteiger partial charge in [0.1, 0.15) is 11.6 Å². The lowest BCUT2D eigenvalue weighted by Crippen LogP contribution is -2.46. The Kier molecular flexibility index (Phi) is 14.2. The van der Waals surface area contributed by atoms with Crippen LogP contribution in [0.3, 0.4) is 0 Å². The molecule has 0 aliphatic heterocycles. The molecule has 2 aromatic rings. The third-order valence-electron chi connectivity index (χ3n) is 6.30. The van der Waals surface area contributed by atoms with Gasteiger partial charge in [-0.05, 0) is 54.5 Å². The summed E-state index contributed by atoms with van der Waals surface area (Å²) in [5.74, 6) is -2.43. The largest absolute Gasteiger partial charge is 0.327 e. The molecule has 0 saturated heterocycles. The molecule has 0 aliphatic carbocycles. The predicted octanol–water partition coefficient (Wildman–Crippen LogP) is 9.40. The van der Waals surface area contributed by atoms with Crippen LogP contribution in [0, 0.1) is 11.6 Å². The zero-order chi connectivity index (χ0) is 26.2. The summed E-state index contributed by atoms with van der Waals surface area (Å²) in [6.45, 7) is 10.1. The maximum absolute atomic E-state index is 13.8. The van der Waals surface area contributed by atoms with Crippen LogP contribution in [0.5, 0.6) is 0 Å². The van der Waals surface area contributed by atoms with E-state index in [0.29, 0.717) is 25.4 Å². The second-order valence-corrected chi connectivity index (χ2v) is 9.54. The first kappa shape index (κ1) is 30.4. The van der Waals surface area contributed by atoms with E-state index in [0.717, 1.165) is 55.7 Å². The number of halogens is 2. The zero-order valence-electron chi connectivity index (χ0n) is 22.8. The highest BCUT2D eigenvalue weighted by atomic mass is 19.1. The molecule has 0 radical (unpaired) electrons. The quantitative estimate of drug-likeness (QED) is 0.141. The smallest absolute Gasteiger partial charge is 0.290 e. The van der Waals surface area contributed by atoms with E-state index in [9.17, 15) is 8.78 Å². The van der Waals surface area contributed by atoms with Gasteiger partial charge in [0.2, 0.25) is 0 Å². The molecule has 0 spiro atoms. The standard InChI is InChI=1S/C31H46F2O3/c1-5-9-10-11-12-13-14-30(31(34-19-6-2,35-20-7-3)36-21-8-4)26-17-15-25(16-18-26)27-22-28(32)24-29(33)23-27/h15-18,22-24,30H,5-14,19-21H2,1-4H3. The fourth-order valence-corrected chi connectivity index (χ4v) is 4.46. The van der Waals surface area contributed by atoms with Crippen molar-refractivity contribution in [1.29, 1.82) is 0 Å². The maximum Gasteiger partial charge on any atom is 0.290 e. The second kappa shape index (κ2) is 16.8. The van der Waals surface area contributed by atoms with Crippen molar-refractivity contribution in [2.45, 2.75) is 104 Å². The fourth-order valence-electron chi connectivity index (χ4n) is 4.46. The summed E-state index contributed by atoms with van der Waals surface area (Å²) >= 11 is 0. The Labute approximate surface area is 217 Å². The molecule has 202 valence electrons. The predicted molar refractivity (Wildman–Crippen MR) is 144 cm³/mol. The van der Waals surface area contributed by atoms with E-state index < -0.39 is 17.6 Å². The lowest BCUT2D eigenvalue weighted by atomic mass is 9.89. The van der Waals surface area contributed by atoms with Crippen molar-refractivity contribution in [3.63, 3.8) is 0 Å². The van der Waals surface area contributed by atoms with Crippen molar-refractivity contribution >= 4 is 0 Å². The lowest BCUT2D eigenvalue weighted by molar-refractivity contribution is -0.392. The number of unbranched alkanes of at least 4 members (excludes halogenated alkanes) is 5. The average molecular weight is 505 g/mol. The Hall–Kier alpha value is -1.82. The molecule has 1 unspecified atom stereocenters. The topological polar surface area (TPSA) is 27.7 Å². The zero-order valence-corrected chi connectivity index (χ0v) is 22.8. The van der Waals surface area contributed by atoms with Crippen molar-refractivity contribution in [1.82, 2.24) is 0 Å². The fraction of sp³-hybridized carbons (Fsp3) is 0.613. The number of rotatable bonds is 19. The van der Waals surface area contributed by atoms with Crippen LogP contribution in [0.2, 0.25) is 0 Å². The summed E-state index contributed by atoms with van der Waals surface area (Å²) in [6.07, 6.45) is 10.6. The van der Waals surface area contributed by atoms with Crippen LogP contribution in [0.4, 0.5) is 8.78 Å². The highest BCUT2D eigenvalue weighted by Gasteiger charge is 2.43. The van der Waals surface area contributed by atoms with Gasteiger partial charge in [0, 0.05) is 6.07 Å². The molecule has 0 fully saturated rings. The molecular weight excluding hydrogens is 458 g/mol. The molecule has 0 heterocycles. The van der Waals surface area contributed by atoms with Crippen LogP contribution < -0.4 is 0 Å². The number of benzene rings is 2. The van der Waals surface area contributed by atoms with Gasteiger partial charge >= 0.3 is 0 Å². The first-order chi connectivity index (χ1) is 17.5. The van der Waals surface area contributed by atoms with Gasteiger partial charge in [-0.1, -0.05) is 90.5 Å². The minimum Gasteiger partial charge on any atom is -0.327 e. The van der Waals surface area contributed by atoms with Gasteiger partial charge in [0.05, 0.1) is 25.7 Å². The lowest BCUT2D eigenvalue weighted by Gasteiger charge is -2.40. The van der Waals surface area contributed by atoms with Crippen LogP contribution in [-0.2, 0) is 14.2 Å². The molecule has 0 amide bonds. The van der Waals surface area contributed by atoms with Gasteiger partial charge in [-0.3, -0.25) is 0 Å². The first-order valence-corrected chi connectivity index (χ1v) is 14.0. The summed E-state index contributed by atoms with van der Waals surface area (Å²) in [5.41, 5.74) is 2.33. The molecule has 2 aromatic carbocycles. The van der Waals surface area contributed by atoms with Crippen molar-refractivity contribution in [3.05, 3.63) is 59.7 Å². The van der Waals surface area contributed by atoms with E-state index in [4.69, 9.17) is 14.2 Å². The molecule has 36 heavy (non-hydrogen) atoms. The van der Waals surface area contributed by atoms with E-state index in [1.807, 2.05) is 24.3 Å². The monoisotopic (exact) mass is 504 g/mol. The van der Waals surface area contributed by atoms with Crippen molar-refractivity contribution in [2.24, 2.45) is 0 Å². The highest BCUT2D eigenvalue weighted by molar-refractivity contribution is 5.64. The van der Waals surface area contributed by atoms with Gasteiger partial charge in [-0.15, -0.1) is 0 Å². The maximum atomic E-state index is 13.8. The molecule has 5 heteroatoms. The highest BCUT2D eigenvalue weighted by Crippen LogP contribution is 2.40. The molecule has 0 saturated carbocycles. The normalized spacial score (nSPS) is 12.7. The van der Waals surface area contributed by atoms with Crippen LogP contribution in [0.15, 0.2) is 42.5 Å². The Balaban J connectivity index is 2.38. The Bertz CT molecular complexity index is 811. The van der Waals surface area contributed by atoms with E-state index in [-0.39, 0.29) is 5.92 Å². The Morgan fingerprint density at radius 2 is 1.11 bits per heavy atom. The van der Waals surface area contributed by atoms with E-state index in [2.05, 4.69) is 27.7 Å². The summed E-state index contributed by atoms with van der Waals surface area (Å²) in [4.78, 5) is 0. The van der Waals surface area contributed by atoms with Gasteiger partial charge in [0.15, 0.2) is 0 Å². The Morgan fingerprint density at radius 3 is 1.61 bits per heavy atom.